The fourth-order valence-electron chi connectivity index (χ4n) is 2.86. The van der Waals surface area contributed by atoms with Crippen molar-refractivity contribution in [3.05, 3.63) is 41.2 Å². The van der Waals surface area contributed by atoms with Crippen LogP contribution in [0.4, 0.5) is 0 Å². The number of aryl methyl sites for hydroxylation is 1. The molecule has 20 heavy (non-hydrogen) atoms. The van der Waals surface area contributed by atoms with E-state index in [0.717, 1.165) is 23.5 Å². The van der Waals surface area contributed by atoms with Gasteiger partial charge in [-0.2, -0.15) is 0 Å². The predicted octanol–water partition coefficient (Wildman–Crippen LogP) is 2.94. The highest BCUT2D eigenvalue weighted by Crippen LogP contribution is 2.30. The van der Waals surface area contributed by atoms with Gasteiger partial charge in [-0.15, -0.1) is 0 Å². The van der Waals surface area contributed by atoms with Gasteiger partial charge < -0.3 is 9.88 Å². The summed E-state index contributed by atoms with van der Waals surface area (Å²) in [5.74, 6) is 0.854. The molecule has 2 heterocycles. The van der Waals surface area contributed by atoms with Crippen LogP contribution >= 0.6 is 0 Å². The molecule has 0 atom stereocenters. The van der Waals surface area contributed by atoms with Gasteiger partial charge in [-0.25, -0.2) is 4.98 Å². The smallest absolute Gasteiger partial charge is 0.272 e. The van der Waals surface area contributed by atoms with Gasteiger partial charge >= 0.3 is 0 Å². The topological polar surface area (TPSA) is 46.9 Å². The average molecular weight is 269 g/mol. The maximum Gasteiger partial charge on any atom is 0.272 e. The van der Waals surface area contributed by atoms with E-state index >= 15 is 0 Å². The molecule has 4 nitrogen and oxygen atoms in total. The normalized spacial score (nSPS) is 13.7. The standard InChI is InChI=1S/C16H19N3O/c1-4-11-7-5-6-8-12(11)15-18-14-13(9-17-16(14)20)19(15)10(2)3/h5-8,10H,4,9H2,1-3H3,(H,17,20). The summed E-state index contributed by atoms with van der Waals surface area (Å²) >= 11 is 0. The molecule has 2 aromatic rings. The molecular weight excluding hydrogens is 250 g/mol. The quantitative estimate of drug-likeness (QED) is 0.931. The van der Waals surface area contributed by atoms with Gasteiger partial charge in [0.05, 0.1) is 12.2 Å². The van der Waals surface area contributed by atoms with E-state index in [1.807, 2.05) is 12.1 Å². The Hall–Kier alpha value is -2.10. The van der Waals surface area contributed by atoms with E-state index in [9.17, 15) is 4.79 Å². The third kappa shape index (κ3) is 1.83. The highest BCUT2D eigenvalue weighted by molar-refractivity contribution is 5.96. The van der Waals surface area contributed by atoms with Crippen LogP contribution < -0.4 is 5.32 Å². The van der Waals surface area contributed by atoms with Gasteiger partial charge in [0.2, 0.25) is 0 Å². The van der Waals surface area contributed by atoms with Crippen LogP contribution in [0.5, 0.6) is 0 Å². The molecule has 1 aliphatic heterocycles. The Morgan fingerprint density at radius 3 is 2.80 bits per heavy atom. The van der Waals surface area contributed by atoms with E-state index in [1.165, 1.54) is 5.56 Å². The zero-order chi connectivity index (χ0) is 14.3. The molecule has 0 spiro atoms. The second-order valence-electron chi connectivity index (χ2n) is 5.39. The van der Waals surface area contributed by atoms with Gasteiger partial charge in [-0.3, -0.25) is 4.79 Å². The zero-order valence-corrected chi connectivity index (χ0v) is 12.1. The van der Waals surface area contributed by atoms with Gasteiger partial charge in [0.15, 0.2) is 5.69 Å². The van der Waals surface area contributed by atoms with Crippen molar-refractivity contribution in [1.29, 1.82) is 0 Å². The van der Waals surface area contributed by atoms with Crippen molar-refractivity contribution in [3.8, 4) is 11.4 Å². The second-order valence-corrected chi connectivity index (χ2v) is 5.39. The number of rotatable bonds is 3. The number of imidazole rings is 1. The Morgan fingerprint density at radius 1 is 1.35 bits per heavy atom. The number of carbonyl (C=O) groups is 1. The second kappa shape index (κ2) is 4.78. The van der Waals surface area contributed by atoms with Gasteiger partial charge in [0.25, 0.3) is 5.91 Å². The minimum absolute atomic E-state index is 0.0605. The summed E-state index contributed by atoms with van der Waals surface area (Å²) in [5, 5.41) is 2.85. The van der Waals surface area contributed by atoms with E-state index in [4.69, 9.17) is 0 Å². The van der Waals surface area contributed by atoms with Crippen LogP contribution in [-0.4, -0.2) is 15.5 Å². The van der Waals surface area contributed by atoms with Crippen molar-refractivity contribution >= 4 is 5.91 Å². The van der Waals surface area contributed by atoms with Crippen molar-refractivity contribution in [3.63, 3.8) is 0 Å². The lowest BCUT2D eigenvalue weighted by Crippen LogP contribution is -2.16. The van der Waals surface area contributed by atoms with Crippen LogP contribution in [0, 0.1) is 0 Å². The molecular formula is C16H19N3O. The van der Waals surface area contributed by atoms with E-state index in [-0.39, 0.29) is 11.9 Å². The van der Waals surface area contributed by atoms with E-state index in [0.29, 0.717) is 12.2 Å². The molecule has 0 aliphatic carbocycles. The molecule has 0 unspecified atom stereocenters. The fourth-order valence-corrected chi connectivity index (χ4v) is 2.86. The lowest BCUT2D eigenvalue weighted by Gasteiger charge is -2.16. The number of benzene rings is 1. The van der Waals surface area contributed by atoms with Crippen molar-refractivity contribution in [2.45, 2.75) is 39.8 Å². The minimum atomic E-state index is -0.0605. The number of amides is 1. The number of hydrogen-bond acceptors (Lipinski definition) is 2. The Morgan fingerprint density at radius 2 is 2.10 bits per heavy atom. The monoisotopic (exact) mass is 269 g/mol. The van der Waals surface area contributed by atoms with Gasteiger partial charge in [0, 0.05) is 11.6 Å². The maximum absolute atomic E-state index is 11.9. The molecule has 0 radical (unpaired) electrons. The highest BCUT2D eigenvalue weighted by Gasteiger charge is 2.29. The summed E-state index contributed by atoms with van der Waals surface area (Å²) in [6.07, 6.45) is 0.956. The van der Waals surface area contributed by atoms with Crippen LogP contribution in [0.15, 0.2) is 24.3 Å². The molecule has 1 amide bonds. The molecule has 1 aliphatic rings. The largest absolute Gasteiger partial charge is 0.345 e. The van der Waals surface area contributed by atoms with E-state index in [1.54, 1.807) is 0 Å². The Balaban J connectivity index is 2.24. The Bertz CT molecular complexity index is 670. The minimum Gasteiger partial charge on any atom is -0.345 e. The van der Waals surface area contributed by atoms with Crippen molar-refractivity contribution < 1.29 is 4.79 Å². The van der Waals surface area contributed by atoms with Crippen LogP contribution in [0.25, 0.3) is 11.4 Å². The first-order valence-corrected chi connectivity index (χ1v) is 7.11. The number of hydrogen-bond donors (Lipinski definition) is 1. The molecule has 0 saturated carbocycles. The lowest BCUT2D eigenvalue weighted by molar-refractivity contribution is 0.0961. The van der Waals surface area contributed by atoms with Crippen LogP contribution in [-0.2, 0) is 13.0 Å². The zero-order valence-electron chi connectivity index (χ0n) is 12.1. The molecule has 4 heteroatoms. The third-order valence-electron chi connectivity index (χ3n) is 3.80. The molecule has 0 fully saturated rings. The molecule has 0 saturated heterocycles. The summed E-state index contributed by atoms with van der Waals surface area (Å²) < 4.78 is 2.18. The van der Waals surface area contributed by atoms with Crippen LogP contribution in [0.3, 0.4) is 0 Å². The summed E-state index contributed by atoms with van der Waals surface area (Å²) in [5.41, 5.74) is 3.98. The number of fused-ring (bicyclic) bond motifs is 1. The SMILES string of the molecule is CCc1ccccc1-c1nc2c(n1C(C)C)CNC2=O. The first-order valence-electron chi connectivity index (χ1n) is 7.11. The molecule has 1 aromatic carbocycles. The molecule has 104 valence electrons. The van der Waals surface area contributed by atoms with Gasteiger partial charge in [0.1, 0.15) is 5.82 Å². The number of carbonyl (C=O) groups excluding carboxylic acids is 1. The first-order chi connectivity index (χ1) is 9.63. The Kier molecular flexibility index (Phi) is 3.08. The van der Waals surface area contributed by atoms with Crippen LogP contribution in [0.1, 0.15) is 48.6 Å². The lowest BCUT2D eigenvalue weighted by atomic mass is 10.0. The summed E-state index contributed by atoms with van der Waals surface area (Å²) in [6, 6.07) is 8.57. The predicted molar refractivity (Wildman–Crippen MR) is 78.6 cm³/mol. The van der Waals surface area contributed by atoms with Crippen molar-refractivity contribution in [1.82, 2.24) is 14.9 Å². The summed E-state index contributed by atoms with van der Waals surface area (Å²) in [4.78, 5) is 16.5. The van der Waals surface area contributed by atoms with E-state index in [2.05, 4.69) is 47.8 Å². The average Bonchev–Trinajstić information content (AvgIpc) is 2.99. The molecule has 1 N–H and O–H groups in total. The van der Waals surface area contributed by atoms with Gasteiger partial charge in [-0.05, 0) is 25.8 Å². The number of nitrogens with zero attached hydrogens (tertiary/aromatic N) is 2. The summed E-state index contributed by atoms with van der Waals surface area (Å²) in [6.45, 7) is 6.97. The molecule has 0 bridgehead atoms. The van der Waals surface area contributed by atoms with Crippen molar-refractivity contribution in [2.75, 3.05) is 0 Å². The highest BCUT2D eigenvalue weighted by atomic mass is 16.2. The molecule has 3 rings (SSSR count). The van der Waals surface area contributed by atoms with Crippen molar-refractivity contribution in [2.24, 2.45) is 0 Å². The van der Waals surface area contributed by atoms with Gasteiger partial charge in [-0.1, -0.05) is 31.2 Å². The third-order valence-corrected chi connectivity index (χ3v) is 3.80. The number of nitrogens with one attached hydrogen (secondary N) is 1. The summed E-state index contributed by atoms with van der Waals surface area (Å²) in [7, 11) is 0. The van der Waals surface area contributed by atoms with Crippen LogP contribution in [0.2, 0.25) is 0 Å². The fraction of sp³-hybridized carbons (Fsp3) is 0.375. The van der Waals surface area contributed by atoms with E-state index < -0.39 is 0 Å². The first kappa shape index (κ1) is 12.9. The maximum atomic E-state index is 11.9. The number of aromatic nitrogens is 2. The Labute approximate surface area is 118 Å². The molecule has 1 aromatic heterocycles.